The van der Waals surface area contributed by atoms with Crippen LogP contribution in [0.25, 0.3) is 0 Å². The van der Waals surface area contributed by atoms with Crippen LogP contribution < -0.4 is 10.6 Å². The summed E-state index contributed by atoms with van der Waals surface area (Å²) in [7, 11) is 0. The number of rotatable bonds is 4. The van der Waals surface area contributed by atoms with E-state index < -0.39 is 17.6 Å². The van der Waals surface area contributed by atoms with E-state index in [9.17, 15) is 22.8 Å². The maximum absolute atomic E-state index is 12.8. The van der Waals surface area contributed by atoms with Gasteiger partial charge in [-0.3, -0.25) is 9.59 Å². The highest BCUT2D eigenvalue weighted by molar-refractivity contribution is 6.09. The van der Waals surface area contributed by atoms with Gasteiger partial charge in [-0.15, -0.1) is 0 Å². The minimum atomic E-state index is -4.53. The van der Waals surface area contributed by atoms with E-state index in [-0.39, 0.29) is 28.8 Å². The number of carbonyl (C=O) groups excluding carboxylic acids is 2. The largest absolute Gasteiger partial charge is 0.416 e. The molecule has 1 aliphatic rings. The molecule has 1 fully saturated rings. The number of benzene rings is 2. The van der Waals surface area contributed by atoms with Gasteiger partial charge in [0, 0.05) is 11.6 Å². The molecule has 0 spiro atoms. The Balaban J connectivity index is 1.80. The SMILES string of the molecule is O=C(Nc1ccccc1C(=O)NC1CC1)c1cccc(C(F)(F)F)c1. The normalized spacial score (nSPS) is 14.0. The van der Waals surface area contributed by atoms with Crippen LogP contribution in [0.5, 0.6) is 0 Å². The van der Waals surface area contributed by atoms with E-state index in [4.69, 9.17) is 0 Å². The van der Waals surface area contributed by atoms with E-state index in [1.165, 1.54) is 18.2 Å². The number of amides is 2. The number of para-hydroxylation sites is 1. The monoisotopic (exact) mass is 348 g/mol. The zero-order chi connectivity index (χ0) is 18.0. The summed E-state index contributed by atoms with van der Waals surface area (Å²) in [5.41, 5.74) is -0.509. The van der Waals surface area contributed by atoms with Crippen molar-refractivity contribution >= 4 is 17.5 Å². The second kappa shape index (κ2) is 6.58. The zero-order valence-electron chi connectivity index (χ0n) is 13.1. The molecule has 0 saturated heterocycles. The number of hydrogen-bond donors (Lipinski definition) is 2. The second-order valence-corrected chi connectivity index (χ2v) is 5.83. The van der Waals surface area contributed by atoms with E-state index in [1.54, 1.807) is 18.2 Å². The number of carbonyl (C=O) groups is 2. The van der Waals surface area contributed by atoms with Crippen molar-refractivity contribution in [3.63, 3.8) is 0 Å². The molecule has 2 N–H and O–H groups in total. The molecule has 2 amide bonds. The van der Waals surface area contributed by atoms with Crippen molar-refractivity contribution in [2.45, 2.75) is 25.1 Å². The van der Waals surface area contributed by atoms with Gasteiger partial charge in [0.1, 0.15) is 0 Å². The number of nitrogens with one attached hydrogen (secondary N) is 2. The lowest BCUT2D eigenvalue weighted by molar-refractivity contribution is -0.137. The van der Waals surface area contributed by atoms with Gasteiger partial charge in [0.15, 0.2) is 0 Å². The molecule has 0 heterocycles. The molecule has 3 rings (SSSR count). The fourth-order valence-electron chi connectivity index (χ4n) is 2.31. The van der Waals surface area contributed by atoms with Crippen LogP contribution in [-0.2, 0) is 6.18 Å². The summed E-state index contributed by atoms with van der Waals surface area (Å²) in [6.45, 7) is 0. The molecule has 25 heavy (non-hydrogen) atoms. The molecule has 0 unspecified atom stereocenters. The zero-order valence-corrected chi connectivity index (χ0v) is 13.1. The lowest BCUT2D eigenvalue weighted by Gasteiger charge is -2.12. The fourth-order valence-corrected chi connectivity index (χ4v) is 2.31. The molecule has 0 atom stereocenters. The molecule has 1 saturated carbocycles. The second-order valence-electron chi connectivity index (χ2n) is 5.83. The van der Waals surface area contributed by atoms with Gasteiger partial charge in [0.25, 0.3) is 11.8 Å². The van der Waals surface area contributed by atoms with Gasteiger partial charge in [-0.05, 0) is 43.2 Å². The van der Waals surface area contributed by atoms with Gasteiger partial charge in [-0.25, -0.2) is 0 Å². The number of halogens is 3. The molecular weight excluding hydrogens is 333 g/mol. The first kappa shape index (κ1) is 17.0. The maximum Gasteiger partial charge on any atom is 0.416 e. The van der Waals surface area contributed by atoms with Crippen LogP contribution in [0.2, 0.25) is 0 Å². The minimum Gasteiger partial charge on any atom is -0.349 e. The van der Waals surface area contributed by atoms with Crippen molar-refractivity contribution in [2.24, 2.45) is 0 Å². The molecule has 0 bridgehead atoms. The third-order valence-corrected chi connectivity index (χ3v) is 3.78. The van der Waals surface area contributed by atoms with Crippen molar-refractivity contribution in [3.05, 3.63) is 65.2 Å². The van der Waals surface area contributed by atoms with Gasteiger partial charge in [0.2, 0.25) is 0 Å². The van der Waals surface area contributed by atoms with Gasteiger partial charge < -0.3 is 10.6 Å². The fraction of sp³-hybridized carbons (Fsp3) is 0.222. The predicted molar refractivity (Wildman–Crippen MR) is 86.3 cm³/mol. The van der Waals surface area contributed by atoms with E-state index in [2.05, 4.69) is 10.6 Å². The number of alkyl halides is 3. The van der Waals surface area contributed by atoms with E-state index in [0.717, 1.165) is 25.0 Å². The van der Waals surface area contributed by atoms with Gasteiger partial charge in [-0.1, -0.05) is 18.2 Å². The summed E-state index contributed by atoms with van der Waals surface area (Å²) in [6, 6.07) is 10.7. The first-order valence-corrected chi connectivity index (χ1v) is 7.73. The Hall–Kier alpha value is -2.83. The first-order valence-electron chi connectivity index (χ1n) is 7.73. The molecule has 0 radical (unpaired) electrons. The average Bonchev–Trinajstić information content (AvgIpc) is 3.38. The quantitative estimate of drug-likeness (QED) is 0.882. The third-order valence-electron chi connectivity index (χ3n) is 3.78. The minimum absolute atomic E-state index is 0.132. The Kier molecular flexibility index (Phi) is 4.48. The van der Waals surface area contributed by atoms with Crippen molar-refractivity contribution in [2.75, 3.05) is 5.32 Å². The Morgan fingerprint density at radius 3 is 2.36 bits per heavy atom. The van der Waals surface area contributed by atoms with E-state index in [1.807, 2.05) is 0 Å². The van der Waals surface area contributed by atoms with Crippen LogP contribution in [0.1, 0.15) is 39.1 Å². The van der Waals surface area contributed by atoms with Crippen molar-refractivity contribution in [3.8, 4) is 0 Å². The highest BCUT2D eigenvalue weighted by Crippen LogP contribution is 2.30. The van der Waals surface area contributed by atoms with Crippen LogP contribution in [-0.4, -0.2) is 17.9 Å². The summed E-state index contributed by atoms with van der Waals surface area (Å²) >= 11 is 0. The molecular formula is C18H15F3N2O2. The Bertz CT molecular complexity index is 814. The van der Waals surface area contributed by atoms with Crippen molar-refractivity contribution in [1.82, 2.24) is 5.32 Å². The van der Waals surface area contributed by atoms with Gasteiger partial charge >= 0.3 is 6.18 Å². The summed E-state index contributed by atoms with van der Waals surface area (Å²) in [5, 5.41) is 5.33. The highest BCUT2D eigenvalue weighted by atomic mass is 19.4. The van der Waals surface area contributed by atoms with Crippen molar-refractivity contribution < 1.29 is 22.8 Å². The summed E-state index contributed by atoms with van der Waals surface area (Å²) < 4.78 is 38.3. The predicted octanol–water partition coefficient (Wildman–Crippen LogP) is 3.85. The number of anilines is 1. The lowest BCUT2D eigenvalue weighted by atomic mass is 10.1. The smallest absolute Gasteiger partial charge is 0.349 e. The molecule has 1 aliphatic carbocycles. The van der Waals surface area contributed by atoms with Crippen LogP contribution in [0.4, 0.5) is 18.9 Å². The summed E-state index contributed by atoms with van der Waals surface area (Å²) in [4.78, 5) is 24.5. The standard InChI is InChI=1S/C18H15F3N2O2/c19-18(20,21)12-5-3-4-11(10-12)16(24)23-15-7-2-1-6-14(15)17(25)22-13-8-9-13/h1-7,10,13H,8-9H2,(H,22,25)(H,23,24). The lowest BCUT2D eigenvalue weighted by Crippen LogP contribution is -2.27. The van der Waals surface area contributed by atoms with Gasteiger partial charge in [-0.2, -0.15) is 13.2 Å². The Morgan fingerprint density at radius 2 is 1.68 bits per heavy atom. The van der Waals surface area contributed by atoms with Crippen LogP contribution >= 0.6 is 0 Å². The van der Waals surface area contributed by atoms with Crippen molar-refractivity contribution in [1.29, 1.82) is 0 Å². The van der Waals surface area contributed by atoms with Crippen LogP contribution in [0.3, 0.4) is 0 Å². The summed E-state index contributed by atoms with van der Waals surface area (Å²) in [6.07, 6.45) is -2.69. The molecule has 7 heteroatoms. The molecule has 4 nitrogen and oxygen atoms in total. The van der Waals surface area contributed by atoms with E-state index >= 15 is 0 Å². The number of hydrogen-bond acceptors (Lipinski definition) is 2. The van der Waals surface area contributed by atoms with Crippen LogP contribution in [0.15, 0.2) is 48.5 Å². The highest BCUT2D eigenvalue weighted by Gasteiger charge is 2.31. The van der Waals surface area contributed by atoms with Crippen LogP contribution in [0, 0.1) is 0 Å². The summed E-state index contributed by atoms with van der Waals surface area (Å²) in [5.74, 6) is -1.03. The molecule has 2 aromatic carbocycles. The van der Waals surface area contributed by atoms with E-state index in [0.29, 0.717) is 0 Å². The third kappa shape index (κ3) is 4.17. The average molecular weight is 348 g/mol. The van der Waals surface area contributed by atoms with Gasteiger partial charge in [0.05, 0.1) is 16.8 Å². The Morgan fingerprint density at radius 1 is 0.960 bits per heavy atom. The first-order chi connectivity index (χ1) is 11.8. The Labute approximate surface area is 142 Å². The molecule has 0 aliphatic heterocycles. The topological polar surface area (TPSA) is 58.2 Å². The molecule has 2 aromatic rings. The molecule has 0 aromatic heterocycles. The maximum atomic E-state index is 12.8. The molecule has 130 valence electrons.